The van der Waals surface area contributed by atoms with Gasteiger partial charge in [0.2, 0.25) is 11.8 Å². The van der Waals surface area contributed by atoms with Crippen LogP contribution in [0.1, 0.15) is 26.2 Å². The van der Waals surface area contributed by atoms with Crippen LogP contribution in [0.5, 0.6) is 0 Å². The fourth-order valence-corrected chi connectivity index (χ4v) is 3.88. The molecule has 4 rings (SSSR count). The number of hydrogen-bond donors (Lipinski definition) is 2. The van der Waals surface area contributed by atoms with E-state index in [1.54, 1.807) is 0 Å². The lowest BCUT2D eigenvalue weighted by Crippen LogP contribution is -2.17. The van der Waals surface area contributed by atoms with E-state index in [4.69, 9.17) is 0 Å². The minimum Gasteiger partial charge on any atom is -0.326 e. The summed E-state index contributed by atoms with van der Waals surface area (Å²) in [7, 11) is 0. The predicted molar refractivity (Wildman–Crippen MR) is 128 cm³/mol. The van der Waals surface area contributed by atoms with Crippen molar-refractivity contribution >= 4 is 44.7 Å². The van der Waals surface area contributed by atoms with Gasteiger partial charge in [0.25, 0.3) is 0 Å². The number of nitrogens with one attached hydrogen (secondary N) is 2. The van der Waals surface area contributed by atoms with Gasteiger partial charge in [-0.15, -0.1) is 0 Å². The number of amides is 2. The summed E-state index contributed by atoms with van der Waals surface area (Å²) in [6.07, 6.45) is 1.41. The van der Waals surface area contributed by atoms with Crippen molar-refractivity contribution in [3.8, 4) is 0 Å². The number of hydrogen-bond acceptors (Lipinski definition) is 2. The van der Waals surface area contributed by atoms with E-state index in [1.807, 2.05) is 91.9 Å². The Morgan fingerprint density at radius 2 is 1.16 bits per heavy atom. The van der Waals surface area contributed by atoms with E-state index in [2.05, 4.69) is 10.6 Å². The molecule has 0 saturated carbocycles. The predicted octanol–water partition coefficient (Wildman–Crippen LogP) is 6.38. The lowest BCUT2D eigenvalue weighted by Gasteiger charge is -2.13. The maximum absolute atomic E-state index is 12.5. The Kier molecular flexibility index (Phi) is 6.27. The average molecular weight is 411 g/mol. The van der Waals surface area contributed by atoms with Crippen molar-refractivity contribution in [2.45, 2.75) is 26.2 Å². The Morgan fingerprint density at radius 1 is 0.677 bits per heavy atom. The summed E-state index contributed by atoms with van der Waals surface area (Å²) < 4.78 is 0. The van der Waals surface area contributed by atoms with E-state index < -0.39 is 0 Å². The quantitative estimate of drug-likeness (QED) is 0.371. The monoisotopic (exact) mass is 410 g/mol. The van der Waals surface area contributed by atoms with Crippen molar-refractivity contribution in [1.82, 2.24) is 0 Å². The van der Waals surface area contributed by atoms with E-state index in [0.29, 0.717) is 19.3 Å². The second kappa shape index (κ2) is 9.43. The summed E-state index contributed by atoms with van der Waals surface area (Å²) in [6.45, 7) is 2.01. The highest BCUT2D eigenvalue weighted by Crippen LogP contribution is 2.25. The van der Waals surface area contributed by atoms with E-state index in [1.165, 1.54) is 0 Å². The molecule has 0 bridgehead atoms. The highest BCUT2D eigenvalue weighted by atomic mass is 16.2. The molecular weight excluding hydrogens is 384 g/mol. The molecule has 4 nitrogen and oxygen atoms in total. The van der Waals surface area contributed by atoms with Crippen LogP contribution < -0.4 is 10.6 Å². The molecular formula is C27H26N2O2. The number of carbonyl (C=O) groups excluding carboxylic acids is 2. The number of rotatable bonds is 7. The van der Waals surface area contributed by atoms with E-state index in [9.17, 15) is 9.59 Å². The standard InChI is InChI=1S/C27H26N2O2/c1-19(18-27(31)29-25-15-7-11-21-9-3-5-13-23(21)25)16-17-26(30)28-24-14-6-10-20-8-2-4-12-22(20)24/h2-15,19H,16-18H2,1H3,(H,28,30)(H,29,31)/t19-/m0/s1. The molecule has 0 radical (unpaired) electrons. The lowest BCUT2D eigenvalue weighted by atomic mass is 10.0. The summed E-state index contributed by atoms with van der Waals surface area (Å²) in [5.41, 5.74) is 1.65. The Morgan fingerprint density at radius 3 is 1.74 bits per heavy atom. The number of fused-ring (bicyclic) bond motifs is 2. The van der Waals surface area contributed by atoms with Crippen LogP contribution in [0.4, 0.5) is 11.4 Å². The Bertz CT molecular complexity index is 1220. The van der Waals surface area contributed by atoms with Crippen molar-refractivity contribution in [2.75, 3.05) is 10.6 Å². The van der Waals surface area contributed by atoms with E-state index in [-0.39, 0.29) is 17.7 Å². The van der Waals surface area contributed by atoms with Gasteiger partial charge in [0, 0.05) is 35.0 Å². The summed E-state index contributed by atoms with van der Waals surface area (Å²) >= 11 is 0. The molecule has 1 atom stereocenters. The van der Waals surface area contributed by atoms with Gasteiger partial charge in [0.15, 0.2) is 0 Å². The van der Waals surface area contributed by atoms with Crippen molar-refractivity contribution < 1.29 is 9.59 Å². The van der Waals surface area contributed by atoms with Crippen LogP contribution in [-0.4, -0.2) is 11.8 Å². The largest absolute Gasteiger partial charge is 0.326 e. The van der Waals surface area contributed by atoms with Crippen molar-refractivity contribution in [3.63, 3.8) is 0 Å². The molecule has 0 spiro atoms. The van der Waals surface area contributed by atoms with Crippen LogP contribution in [0, 0.1) is 5.92 Å². The Balaban J connectivity index is 1.30. The third kappa shape index (κ3) is 5.10. The molecule has 2 N–H and O–H groups in total. The van der Waals surface area contributed by atoms with Crippen LogP contribution in [-0.2, 0) is 9.59 Å². The smallest absolute Gasteiger partial charge is 0.224 e. The SMILES string of the molecule is C[C@@H](CCC(=O)Nc1cccc2ccccc12)CC(=O)Nc1cccc2ccccc12. The molecule has 0 aliphatic carbocycles. The molecule has 0 unspecified atom stereocenters. The van der Waals surface area contributed by atoms with Gasteiger partial charge in [-0.1, -0.05) is 79.7 Å². The van der Waals surface area contributed by atoms with Crippen molar-refractivity contribution in [1.29, 1.82) is 0 Å². The summed E-state index contributed by atoms with van der Waals surface area (Å²) in [4.78, 5) is 25.0. The minimum atomic E-state index is -0.0299. The minimum absolute atomic E-state index is 0.0293. The van der Waals surface area contributed by atoms with Crippen molar-refractivity contribution in [3.05, 3.63) is 84.9 Å². The van der Waals surface area contributed by atoms with Crippen LogP contribution >= 0.6 is 0 Å². The molecule has 0 heterocycles. The first-order valence-electron chi connectivity index (χ1n) is 10.7. The van der Waals surface area contributed by atoms with Gasteiger partial charge in [-0.25, -0.2) is 0 Å². The molecule has 0 aliphatic rings. The average Bonchev–Trinajstić information content (AvgIpc) is 2.78. The number of anilines is 2. The zero-order valence-electron chi connectivity index (χ0n) is 17.6. The summed E-state index contributed by atoms with van der Waals surface area (Å²) in [5, 5.41) is 10.3. The number of carbonyl (C=O) groups is 2. The number of benzene rings is 4. The third-order valence-corrected chi connectivity index (χ3v) is 5.53. The highest BCUT2D eigenvalue weighted by molar-refractivity contribution is 6.03. The van der Waals surface area contributed by atoms with Crippen molar-refractivity contribution in [2.24, 2.45) is 5.92 Å². The van der Waals surface area contributed by atoms with E-state index >= 15 is 0 Å². The highest BCUT2D eigenvalue weighted by Gasteiger charge is 2.13. The lowest BCUT2D eigenvalue weighted by molar-refractivity contribution is -0.118. The van der Waals surface area contributed by atoms with Crippen LogP contribution in [0.15, 0.2) is 84.9 Å². The topological polar surface area (TPSA) is 58.2 Å². The molecule has 0 saturated heterocycles. The fourth-order valence-electron chi connectivity index (χ4n) is 3.88. The molecule has 0 aromatic heterocycles. The van der Waals surface area contributed by atoms with Crippen LogP contribution in [0.25, 0.3) is 21.5 Å². The molecule has 4 heteroatoms. The Labute approximate surface area is 182 Å². The summed E-state index contributed by atoms with van der Waals surface area (Å²) in [6, 6.07) is 27.8. The van der Waals surface area contributed by atoms with Gasteiger partial charge in [0.1, 0.15) is 0 Å². The molecule has 0 fully saturated rings. The van der Waals surface area contributed by atoms with Gasteiger partial charge in [0.05, 0.1) is 0 Å². The van der Waals surface area contributed by atoms with Gasteiger partial charge in [-0.2, -0.15) is 0 Å². The molecule has 31 heavy (non-hydrogen) atoms. The first-order valence-corrected chi connectivity index (χ1v) is 10.7. The molecule has 156 valence electrons. The third-order valence-electron chi connectivity index (χ3n) is 5.53. The zero-order valence-corrected chi connectivity index (χ0v) is 17.6. The first-order chi connectivity index (χ1) is 15.1. The van der Waals surface area contributed by atoms with Gasteiger partial charge in [-0.05, 0) is 35.2 Å². The van der Waals surface area contributed by atoms with Gasteiger partial charge >= 0.3 is 0 Å². The maximum Gasteiger partial charge on any atom is 0.224 e. The Hall–Kier alpha value is -3.66. The first kappa shape index (κ1) is 20.6. The molecule has 4 aromatic carbocycles. The normalized spacial score (nSPS) is 11.9. The van der Waals surface area contributed by atoms with E-state index in [0.717, 1.165) is 32.9 Å². The van der Waals surface area contributed by atoms with Gasteiger partial charge in [-0.3, -0.25) is 9.59 Å². The maximum atomic E-state index is 12.5. The summed E-state index contributed by atoms with van der Waals surface area (Å²) in [5.74, 6) is 0.0456. The molecule has 0 aliphatic heterocycles. The second-order valence-electron chi connectivity index (χ2n) is 8.00. The second-order valence-corrected chi connectivity index (χ2v) is 8.00. The zero-order chi connectivity index (χ0) is 21.6. The molecule has 2 amide bonds. The molecule has 4 aromatic rings. The van der Waals surface area contributed by atoms with Crippen LogP contribution in [0.3, 0.4) is 0 Å². The van der Waals surface area contributed by atoms with Crippen LogP contribution in [0.2, 0.25) is 0 Å². The fraction of sp³-hybridized carbons (Fsp3) is 0.185. The van der Waals surface area contributed by atoms with Gasteiger partial charge < -0.3 is 10.6 Å².